The van der Waals surface area contributed by atoms with Gasteiger partial charge < -0.3 is 14.0 Å². The SMILES string of the molecule is CC[C@@]12COC[C@]1(CC)OB(C)O2. The van der Waals surface area contributed by atoms with Crippen molar-refractivity contribution in [2.45, 2.75) is 44.7 Å². The molecule has 0 aliphatic carbocycles. The van der Waals surface area contributed by atoms with Crippen LogP contribution in [0.2, 0.25) is 6.82 Å². The van der Waals surface area contributed by atoms with Gasteiger partial charge in [0.05, 0.1) is 13.2 Å². The van der Waals surface area contributed by atoms with Gasteiger partial charge in [0.1, 0.15) is 11.2 Å². The van der Waals surface area contributed by atoms with Gasteiger partial charge in [0.2, 0.25) is 0 Å². The molecule has 0 bridgehead atoms. The summed E-state index contributed by atoms with van der Waals surface area (Å²) in [6.45, 7) is 7.61. The lowest BCUT2D eigenvalue weighted by Gasteiger charge is -2.35. The van der Waals surface area contributed by atoms with Crippen LogP contribution in [-0.2, 0) is 14.0 Å². The standard InChI is InChI=1S/C9H17BO3/c1-4-8-6-11-7-9(8,5-2)13-10(3)12-8/h4-7H2,1-3H3/t8-,9+. The van der Waals surface area contributed by atoms with Crippen molar-refractivity contribution in [1.29, 1.82) is 0 Å². The fourth-order valence-electron chi connectivity index (χ4n) is 2.60. The second kappa shape index (κ2) is 2.97. The van der Waals surface area contributed by atoms with Gasteiger partial charge in [0.25, 0.3) is 0 Å². The summed E-state index contributed by atoms with van der Waals surface area (Å²) in [6.07, 6.45) is 1.93. The molecule has 0 N–H and O–H groups in total. The Kier molecular flexibility index (Phi) is 2.17. The Morgan fingerprint density at radius 3 is 1.92 bits per heavy atom. The molecule has 0 radical (unpaired) electrons. The Labute approximate surface area is 79.9 Å². The van der Waals surface area contributed by atoms with Crippen molar-refractivity contribution in [3.05, 3.63) is 0 Å². The van der Waals surface area contributed by atoms with E-state index < -0.39 is 0 Å². The summed E-state index contributed by atoms with van der Waals surface area (Å²) in [5.74, 6) is 0. The maximum atomic E-state index is 5.87. The summed E-state index contributed by atoms with van der Waals surface area (Å²) in [5.41, 5.74) is -0.359. The first kappa shape index (κ1) is 9.50. The second-order valence-corrected chi connectivity index (χ2v) is 3.99. The van der Waals surface area contributed by atoms with Crippen molar-refractivity contribution < 1.29 is 14.0 Å². The summed E-state index contributed by atoms with van der Waals surface area (Å²) in [5, 5.41) is 0. The minimum Gasteiger partial charge on any atom is -0.400 e. The summed E-state index contributed by atoms with van der Waals surface area (Å²) in [7, 11) is -0.0798. The third kappa shape index (κ3) is 1.09. The number of fused-ring (bicyclic) bond motifs is 1. The van der Waals surface area contributed by atoms with E-state index in [0.717, 1.165) is 12.8 Å². The van der Waals surface area contributed by atoms with Crippen molar-refractivity contribution in [1.82, 2.24) is 0 Å². The van der Waals surface area contributed by atoms with Gasteiger partial charge in [-0.3, -0.25) is 0 Å². The zero-order valence-corrected chi connectivity index (χ0v) is 8.63. The van der Waals surface area contributed by atoms with E-state index in [1.807, 2.05) is 6.82 Å². The average molecular weight is 184 g/mol. The van der Waals surface area contributed by atoms with E-state index in [4.69, 9.17) is 14.0 Å². The monoisotopic (exact) mass is 184 g/mol. The number of ether oxygens (including phenoxy) is 1. The van der Waals surface area contributed by atoms with E-state index in [2.05, 4.69) is 13.8 Å². The van der Waals surface area contributed by atoms with E-state index in [1.54, 1.807) is 0 Å². The molecule has 3 nitrogen and oxygen atoms in total. The van der Waals surface area contributed by atoms with E-state index in [1.165, 1.54) is 0 Å². The minimum absolute atomic E-state index is 0.0798. The fraction of sp³-hybridized carbons (Fsp3) is 1.00. The highest BCUT2D eigenvalue weighted by Gasteiger charge is 2.62. The quantitative estimate of drug-likeness (QED) is 0.608. The molecule has 0 amide bonds. The van der Waals surface area contributed by atoms with Gasteiger partial charge in [-0.2, -0.15) is 0 Å². The van der Waals surface area contributed by atoms with E-state index in [-0.39, 0.29) is 18.3 Å². The Morgan fingerprint density at radius 2 is 1.54 bits per heavy atom. The third-order valence-electron chi connectivity index (χ3n) is 3.43. The Bertz CT molecular complexity index is 191. The molecule has 2 heterocycles. The molecule has 0 spiro atoms. The number of hydrogen-bond acceptors (Lipinski definition) is 3. The van der Waals surface area contributed by atoms with Gasteiger partial charge in [-0.15, -0.1) is 0 Å². The topological polar surface area (TPSA) is 27.7 Å². The highest BCUT2D eigenvalue weighted by molar-refractivity contribution is 6.43. The molecule has 2 aliphatic rings. The summed E-state index contributed by atoms with van der Waals surface area (Å²) in [6, 6.07) is 0. The van der Waals surface area contributed by atoms with Crippen LogP contribution in [0.4, 0.5) is 0 Å². The van der Waals surface area contributed by atoms with Crippen molar-refractivity contribution in [3.63, 3.8) is 0 Å². The molecule has 13 heavy (non-hydrogen) atoms. The van der Waals surface area contributed by atoms with Crippen molar-refractivity contribution in [3.8, 4) is 0 Å². The molecule has 0 aromatic heterocycles. The van der Waals surface area contributed by atoms with Crippen LogP contribution >= 0.6 is 0 Å². The van der Waals surface area contributed by atoms with Crippen molar-refractivity contribution in [2.75, 3.05) is 13.2 Å². The minimum atomic E-state index is -0.179. The summed E-state index contributed by atoms with van der Waals surface area (Å²) in [4.78, 5) is 0. The fourth-order valence-corrected chi connectivity index (χ4v) is 2.60. The first-order valence-corrected chi connectivity index (χ1v) is 5.11. The Balaban J connectivity index is 2.30. The molecule has 0 aromatic rings. The molecule has 4 heteroatoms. The van der Waals surface area contributed by atoms with Gasteiger partial charge in [0, 0.05) is 0 Å². The summed E-state index contributed by atoms with van der Waals surface area (Å²) >= 11 is 0. The molecule has 2 aliphatic heterocycles. The van der Waals surface area contributed by atoms with E-state index in [0.29, 0.717) is 13.2 Å². The molecule has 2 atom stereocenters. The summed E-state index contributed by atoms with van der Waals surface area (Å²) < 4.78 is 17.2. The van der Waals surface area contributed by atoms with Crippen molar-refractivity contribution >= 4 is 7.12 Å². The molecule has 2 fully saturated rings. The predicted octanol–water partition coefficient (Wildman–Crippen LogP) is 1.48. The van der Waals surface area contributed by atoms with E-state index in [9.17, 15) is 0 Å². The van der Waals surface area contributed by atoms with Gasteiger partial charge in [-0.05, 0) is 19.7 Å². The third-order valence-corrected chi connectivity index (χ3v) is 3.43. The lowest BCUT2D eigenvalue weighted by molar-refractivity contribution is -0.0120. The largest absolute Gasteiger partial charge is 0.454 e. The number of hydrogen-bond donors (Lipinski definition) is 0. The molecule has 0 unspecified atom stereocenters. The first-order chi connectivity index (χ1) is 6.18. The maximum Gasteiger partial charge on any atom is 0.454 e. The van der Waals surface area contributed by atoms with Crippen LogP contribution in [0, 0.1) is 0 Å². The molecule has 0 aromatic carbocycles. The van der Waals surface area contributed by atoms with Crippen LogP contribution in [0.1, 0.15) is 26.7 Å². The van der Waals surface area contributed by atoms with Gasteiger partial charge in [-0.1, -0.05) is 13.8 Å². The lowest BCUT2D eigenvalue weighted by atomic mass is 9.82. The molecule has 2 rings (SSSR count). The number of rotatable bonds is 2. The Morgan fingerprint density at radius 1 is 1.08 bits per heavy atom. The Hall–Kier alpha value is -0.0551. The normalized spacial score (nSPS) is 44.1. The predicted molar refractivity (Wildman–Crippen MR) is 50.7 cm³/mol. The zero-order valence-electron chi connectivity index (χ0n) is 8.63. The van der Waals surface area contributed by atoms with Crippen LogP contribution in [0.3, 0.4) is 0 Å². The molecule has 2 saturated heterocycles. The van der Waals surface area contributed by atoms with Crippen LogP contribution < -0.4 is 0 Å². The first-order valence-electron chi connectivity index (χ1n) is 5.11. The zero-order chi connectivity index (χ0) is 9.53. The average Bonchev–Trinajstić information content (AvgIpc) is 2.56. The van der Waals surface area contributed by atoms with E-state index >= 15 is 0 Å². The van der Waals surface area contributed by atoms with Gasteiger partial charge >= 0.3 is 7.12 Å². The second-order valence-electron chi connectivity index (χ2n) is 3.99. The highest BCUT2D eigenvalue weighted by atomic mass is 16.7. The maximum absolute atomic E-state index is 5.87. The van der Waals surface area contributed by atoms with Crippen molar-refractivity contribution in [2.24, 2.45) is 0 Å². The molecular formula is C9H17BO3. The lowest BCUT2D eigenvalue weighted by Crippen LogP contribution is -2.49. The van der Waals surface area contributed by atoms with Crippen LogP contribution in [-0.4, -0.2) is 31.5 Å². The molecular weight excluding hydrogens is 167 g/mol. The molecule has 74 valence electrons. The highest BCUT2D eigenvalue weighted by Crippen LogP contribution is 2.46. The van der Waals surface area contributed by atoms with Crippen LogP contribution in [0.25, 0.3) is 0 Å². The molecule has 0 saturated carbocycles. The smallest absolute Gasteiger partial charge is 0.400 e. The van der Waals surface area contributed by atoms with Crippen LogP contribution in [0.15, 0.2) is 0 Å². The van der Waals surface area contributed by atoms with Gasteiger partial charge in [0.15, 0.2) is 0 Å². The van der Waals surface area contributed by atoms with Gasteiger partial charge in [-0.25, -0.2) is 0 Å². The van der Waals surface area contributed by atoms with Crippen LogP contribution in [0.5, 0.6) is 0 Å².